The summed E-state index contributed by atoms with van der Waals surface area (Å²) in [5.74, 6) is 2.08. The minimum atomic E-state index is -0.441. The monoisotopic (exact) mass is 290 g/mol. The van der Waals surface area contributed by atoms with E-state index in [1.807, 2.05) is 0 Å². The molecule has 6 atom stereocenters. The van der Waals surface area contributed by atoms with Crippen LogP contribution < -0.4 is 0 Å². The van der Waals surface area contributed by atoms with Gasteiger partial charge < -0.3 is 5.11 Å². The van der Waals surface area contributed by atoms with Crippen molar-refractivity contribution in [2.75, 3.05) is 0 Å². The summed E-state index contributed by atoms with van der Waals surface area (Å²) in [6.45, 7) is 2.50. The molecular weight excluding hydrogens is 260 g/mol. The first-order valence-corrected chi connectivity index (χ1v) is 9.31. The van der Waals surface area contributed by atoms with Gasteiger partial charge in [0.1, 0.15) is 0 Å². The predicted octanol–water partition coefficient (Wildman–Crippen LogP) is 4.87. The van der Waals surface area contributed by atoms with Gasteiger partial charge in [-0.15, -0.1) is 0 Å². The number of rotatable bonds is 1. The van der Waals surface area contributed by atoms with Gasteiger partial charge in [-0.1, -0.05) is 26.2 Å². The van der Waals surface area contributed by atoms with Crippen molar-refractivity contribution in [1.82, 2.24) is 0 Å². The molecule has 4 fully saturated rings. The fourth-order valence-corrected chi connectivity index (χ4v) is 7.32. The average molecular weight is 290 g/mol. The Bertz CT molecular complexity index is 445. The van der Waals surface area contributed by atoms with Gasteiger partial charge in [0, 0.05) is 0 Å². The molecule has 2 heteroatoms. The Balaban J connectivity index is 1.71. The highest BCUT2D eigenvalue weighted by Gasteiger charge is 2.61. The molecule has 0 spiro atoms. The van der Waals surface area contributed by atoms with E-state index in [-0.39, 0.29) is 5.41 Å². The van der Waals surface area contributed by atoms with Crippen LogP contribution in [-0.4, -0.2) is 11.1 Å². The van der Waals surface area contributed by atoms with Crippen LogP contribution in [0.1, 0.15) is 77.6 Å². The van der Waals surface area contributed by atoms with Crippen LogP contribution in [0.25, 0.3) is 0 Å². The minimum absolute atomic E-state index is 0.342. The van der Waals surface area contributed by atoms with E-state index in [0.717, 1.165) is 24.7 Å². The van der Waals surface area contributed by atoms with Crippen molar-refractivity contribution in [1.29, 1.82) is 0 Å². The number of fused-ring (bicyclic) bond motifs is 5. The molecule has 0 bridgehead atoms. The zero-order valence-electron chi connectivity index (χ0n) is 13.4. The number of hydrogen-bond donors (Lipinski definition) is 1. The smallest absolute Gasteiger partial charge is 0.310 e. The largest absolute Gasteiger partial charge is 0.481 e. The van der Waals surface area contributed by atoms with Crippen LogP contribution in [0.4, 0.5) is 0 Å². The average Bonchev–Trinajstić information content (AvgIpc) is 2.88. The molecule has 0 heterocycles. The van der Waals surface area contributed by atoms with E-state index in [0.29, 0.717) is 17.3 Å². The molecule has 1 N–H and O–H groups in total. The first-order chi connectivity index (χ1) is 10.1. The highest BCUT2D eigenvalue weighted by molar-refractivity contribution is 5.76. The van der Waals surface area contributed by atoms with Crippen LogP contribution in [0.5, 0.6) is 0 Å². The fourth-order valence-electron chi connectivity index (χ4n) is 7.32. The lowest BCUT2D eigenvalue weighted by Crippen LogP contribution is -2.56. The van der Waals surface area contributed by atoms with Crippen molar-refractivity contribution in [3.05, 3.63) is 0 Å². The maximum absolute atomic E-state index is 12.3. The van der Waals surface area contributed by atoms with Crippen LogP contribution in [-0.2, 0) is 4.79 Å². The topological polar surface area (TPSA) is 37.3 Å². The number of aliphatic carboxylic acids is 1. The van der Waals surface area contributed by atoms with Gasteiger partial charge in [0.25, 0.3) is 0 Å². The maximum Gasteiger partial charge on any atom is 0.310 e. The van der Waals surface area contributed by atoms with Crippen molar-refractivity contribution in [3.8, 4) is 0 Å². The number of hydrogen-bond acceptors (Lipinski definition) is 1. The molecular formula is C19H30O2. The predicted molar refractivity (Wildman–Crippen MR) is 82.9 cm³/mol. The summed E-state index contributed by atoms with van der Waals surface area (Å²) < 4.78 is 0. The highest BCUT2D eigenvalue weighted by Crippen LogP contribution is 2.66. The first kappa shape index (κ1) is 14.1. The number of carboxylic acid groups (broad SMARTS) is 1. The second kappa shape index (κ2) is 4.73. The molecule has 1 unspecified atom stereocenters. The Morgan fingerprint density at radius 3 is 2.57 bits per heavy atom. The van der Waals surface area contributed by atoms with Gasteiger partial charge in [-0.2, -0.15) is 0 Å². The summed E-state index contributed by atoms with van der Waals surface area (Å²) in [6.07, 6.45) is 13.7. The molecule has 0 aromatic heterocycles. The molecule has 2 nitrogen and oxygen atoms in total. The van der Waals surface area contributed by atoms with Crippen LogP contribution in [0, 0.1) is 34.5 Å². The van der Waals surface area contributed by atoms with Crippen molar-refractivity contribution in [3.63, 3.8) is 0 Å². The molecule has 0 saturated heterocycles. The SMILES string of the molecule is C[C@@]12CCC[C@H]1[C@@H]1CCC3CCCC[C@]3(C(=O)O)[C@H]1CC2. The highest BCUT2D eigenvalue weighted by atomic mass is 16.4. The molecule has 0 aliphatic heterocycles. The van der Waals surface area contributed by atoms with E-state index in [2.05, 4.69) is 6.92 Å². The lowest BCUT2D eigenvalue weighted by atomic mass is 9.45. The van der Waals surface area contributed by atoms with Crippen molar-refractivity contribution < 1.29 is 9.90 Å². The van der Waals surface area contributed by atoms with Gasteiger partial charge in [0.15, 0.2) is 0 Å². The Morgan fingerprint density at radius 1 is 0.905 bits per heavy atom. The number of carboxylic acids is 1. The molecule has 4 aliphatic rings. The second-order valence-corrected chi connectivity index (χ2v) is 8.83. The lowest BCUT2D eigenvalue weighted by Gasteiger charge is -2.59. The van der Waals surface area contributed by atoms with E-state index in [1.54, 1.807) is 0 Å². The van der Waals surface area contributed by atoms with E-state index < -0.39 is 5.97 Å². The first-order valence-electron chi connectivity index (χ1n) is 9.31. The van der Waals surface area contributed by atoms with Crippen LogP contribution >= 0.6 is 0 Å². The van der Waals surface area contributed by atoms with Crippen molar-refractivity contribution in [2.45, 2.75) is 77.6 Å². The molecule has 118 valence electrons. The molecule has 4 rings (SSSR count). The third-order valence-corrected chi connectivity index (χ3v) is 8.25. The van der Waals surface area contributed by atoms with Crippen LogP contribution in [0.2, 0.25) is 0 Å². The summed E-state index contributed by atoms with van der Waals surface area (Å²) >= 11 is 0. The zero-order valence-corrected chi connectivity index (χ0v) is 13.4. The maximum atomic E-state index is 12.3. The van der Waals surface area contributed by atoms with E-state index in [9.17, 15) is 9.90 Å². The Morgan fingerprint density at radius 2 is 1.76 bits per heavy atom. The van der Waals surface area contributed by atoms with Crippen molar-refractivity contribution >= 4 is 5.97 Å². The summed E-state index contributed by atoms with van der Waals surface area (Å²) in [6, 6.07) is 0. The van der Waals surface area contributed by atoms with E-state index in [4.69, 9.17) is 0 Å². The molecule has 0 aromatic carbocycles. The van der Waals surface area contributed by atoms with Gasteiger partial charge in [0.2, 0.25) is 0 Å². The third-order valence-electron chi connectivity index (χ3n) is 8.25. The Kier molecular flexibility index (Phi) is 3.17. The van der Waals surface area contributed by atoms with Crippen molar-refractivity contribution in [2.24, 2.45) is 34.5 Å². The van der Waals surface area contributed by atoms with E-state index in [1.165, 1.54) is 57.8 Å². The minimum Gasteiger partial charge on any atom is -0.481 e. The normalized spacial score (nSPS) is 52.6. The van der Waals surface area contributed by atoms with E-state index >= 15 is 0 Å². The zero-order chi connectivity index (χ0) is 14.7. The molecule has 21 heavy (non-hydrogen) atoms. The summed E-state index contributed by atoms with van der Waals surface area (Å²) in [7, 11) is 0. The molecule has 0 amide bonds. The quantitative estimate of drug-likeness (QED) is 0.747. The summed E-state index contributed by atoms with van der Waals surface area (Å²) in [5.41, 5.74) is 0.202. The Labute approximate surface area is 128 Å². The molecule has 0 aromatic rings. The number of carbonyl (C=O) groups is 1. The van der Waals surface area contributed by atoms with Gasteiger partial charge in [-0.05, 0) is 80.5 Å². The summed E-state index contributed by atoms with van der Waals surface area (Å²) in [4.78, 5) is 12.3. The van der Waals surface area contributed by atoms with Crippen LogP contribution in [0.3, 0.4) is 0 Å². The fraction of sp³-hybridized carbons (Fsp3) is 0.947. The van der Waals surface area contributed by atoms with Gasteiger partial charge in [-0.3, -0.25) is 4.79 Å². The third kappa shape index (κ3) is 1.80. The molecule has 4 saturated carbocycles. The summed E-state index contributed by atoms with van der Waals surface area (Å²) in [5, 5.41) is 10.2. The second-order valence-electron chi connectivity index (χ2n) is 8.83. The van der Waals surface area contributed by atoms with Gasteiger partial charge in [-0.25, -0.2) is 0 Å². The van der Waals surface area contributed by atoms with Gasteiger partial charge in [0.05, 0.1) is 5.41 Å². The molecule has 0 radical (unpaired) electrons. The standard InChI is InChI=1S/C19H30O2/c1-18-10-4-6-15(18)14-8-7-13-5-2-3-11-19(13,17(20)21)16(14)9-12-18/h13-16H,2-12H2,1H3,(H,20,21)/t13?,14-,15-,16-,18-,19+/m0/s1. The Hall–Kier alpha value is -0.530. The van der Waals surface area contributed by atoms with Gasteiger partial charge >= 0.3 is 5.97 Å². The molecule has 4 aliphatic carbocycles. The van der Waals surface area contributed by atoms with Crippen LogP contribution in [0.15, 0.2) is 0 Å². The lowest BCUT2D eigenvalue weighted by molar-refractivity contribution is -0.178.